The lowest BCUT2D eigenvalue weighted by atomic mass is 10.2. The van der Waals surface area contributed by atoms with E-state index in [1.807, 2.05) is 0 Å². The Morgan fingerprint density at radius 3 is 2.71 bits per heavy atom. The molecule has 6 nitrogen and oxygen atoms in total. The Bertz CT molecular complexity index is 448. The van der Waals surface area contributed by atoms with Gasteiger partial charge in [-0.2, -0.15) is 0 Å². The summed E-state index contributed by atoms with van der Waals surface area (Å²) in [7, 11) is 1.71. The Balaban J connectivity index is 2.10. The third-order valence-electron chi connectivity index (χ3n) is 2.60. The second-order valence-corrected chi connectivity index (χ2v) is 4.17. The topological polar surface area (TPSA) is 66.4 Å². The van der Waals surface area contributed by atoms with Crippen LogP contribution in [0.4, 0.5) is 0 Å². The first-order valence-corrected chi connectivity index (χ1v) is 5.48. The number of rotatable bonds is 1. The molecule has 0 N–H and O–H groups in total. The molecule has 0 radical (unpaired) electrons. The lowest BCUT2D eigenvalue weighted by molar-refractivity contribution is -0.133. The average molecular weight is 255 g/mol. The minimum Gasteiger partial charge on any atom is -0.342 e. The van der Waals surface area contributed by atoms with Crippen molar-refractivity contribution < 1.29 is 9.59 Å². The molecule has 17 heavy (non-hydrogen) atoms. The number of amides is 2. The molecule has 0 aromatic carbocycles. The molecule has 1 aromatic rings. The van der Waals surface area contributed by atoms with Gasteiger partial charge in [-0.05, 0) is 12.1 Å². The molecule has 1 aliphatic rings. The number of likely N-dealkylation sites (N-methyl/N-ethyl adjacent to an activating group) is 1. The lowest BCUT2D eigenvalue weighted by Gasteiger charge is -2.31. The largest absolute Gasteiger partial charge is 0.342 e. The summed E-state index contributed by atoms with van der Waals surface area (Å²) in [5.41, 5.74) is 0.201. The number of nitrogens with zero attached hydrogens (tertiary/aromatic N) is 4. The van der Waals surface area contributed by atoms with E-state index in [0.717, 1.165) is 0 Å². The van der Waals surface area contributed by atoms with Crippen molar-refractivity contribution in [1.82, 2.24) is 20.0 Å². The monoisotopic (exact) mass is 254 g/mol. The molecule has 90 valence electrons. The van der Waals surface area contributed by atoms with Crippen LogP contribution in [0, 0.1) is 0 Å². The van der Waals surface area contributed by atoms with E-state index >= 15 is 0 Å². The van der Waals surface area contributed by atoms with Gasteiger partial charge in [0.05, 0.1) is 0 Å². The first-order valence-electron chi connectivity index (χ1n) is 5.10. The number of halogens is 1. The molecule has 0 atom stereocenters. The minimum atomic E-state index is -0.296. The van der Waals surface area contributed by atoms with Gasteiger partial charge in [0.1, 0.15) is 6.54 Å². The molecule has 1 aliphatic heterocycles. The summed E-state index contributed by atoms with van der Waals surface area (Å²) in [6, 6.07) is 3.00. The molecule has 0 aliphatic carbocycles. The van der Waals surface area contributed by atoms with E-state index in [-0.39, 0.29) is 29.2 Å². The van der Waals surface area contributed by atoms with E-state index in [2.05, 4.69) is 10.2 Å². The fraction of sp³-hybridized carbons (Fsp3) is 0.400. The summed E-state index contributed by atoms with van der Waals surface area (Å²) in [5, 5.41) is 7.53. The van der Waals surface area contributed by atoms with Gasteiger partial charge in [0.25, 0.3) is 5.91 Å². The molecule has 0 saturated carbocycles. The van der Waals surface area contributed by atoms with Crippen molar-refractivity contribution in [2.75, 3.05) is 26.7 Å². The maximum atomic E-state index is 12.0. The second-order valence-electron chi connectivity index (χ2n) is 3.78. The van der Waals surface area contributed by atoms with Crippen LogP contribution in [0.2, 0.25) is 5.15 Å². The molecular weight excluding hydrogens is 244 g/mol. The summed E-state index contributed by atoms with van der Waals surface area (Å²) >= 11 is 5.59. The van der Waals surface area contributed by atoms with Crippen LogP contribution >= 0.6 is 11.6 Å². The number of hydrogen-bond acceptors (Lipinski definition) is 4. The Morgan fingerprint density at radius 1 is 1.35 bits per heavy atom. The Hall–Kier alpha value is -1.69. The highest BCUT2D eigenvalue weighted by molar-refractivity contribution is 6.29. The lowest BCUT2D eigenvalue weighted by Crippen LogP contribution is -2.50. The maximum Gasteiger partial charge on any atom is 0.274 e. The Morgan fingerprint density at radius 2 is 2.12 bits per heavy atom. The van der Waals surface area contributed by atoms with E-state index in [0.29, 0.717) is 13.1 Å². The van der Waals surface area contributed by atoms with Gasteiger partial charge >= 0.3 is 0 Å². The highest BCUT2D eigenvalue weighted by Crippen LogP contribution is 2.08. The number of aromatic nitrogens is 2. The summed E-state index contributed by atoms with van der Waals surface area (Å²) in [6.45, 7) is 1.12. The average Bonchev–Trinajstić information content (AvgIpc) is 2.33. The van der Waals surface area contributed by atoms with E-state index in [4.69, 9.17) is 11.6 Å². The fourth-order valence-electron chi connectivity index (χ4n) is 1.52. The zero-order chi connectivity index (χ0) is 12.4. The van der Waals surface area contributed by atoms with Crippen LogP contribution in [0.5, 0.6) is 0 Å². The third kappa shape index (κ3) is 2.52. The van der Waals surface area contributed by atoms with Crippen LogP contribution in [-0.4, -0.2) is 58.5 Å². The van der Waals surface area contributed by atoms with Crippen LogP contribution < -0.4 is 0 Å². The van der Waals surface area contributed by atoms with Gasteiger partial charge in [0.2, 0.25) is 5.91 Å². The molecular formula is C10H11ClN4O2. The highest BCUT2D eigenvalue weighted by Gasteiger charge is 2.26. The second kappa shape index (κ2) is 4.67. The number of carbonyl (C=O) groups is 2. The van der Waals surface area contributed by atoms with Crippen molar-refractivity contribution in [2.45, 2.75) is 0 Å². The van der Waals surface area contributed by atoms with E-state index in [1.54, 1.807) is 11.9 Å². The SMILES string of the molecule is CN1CCN(C(=O)c2ccc(Cl)nn2)CC1=O. The normalized spacial score (nSPS) is 16.2. The van der Waals surface area contributed by atoms with Crippen LogP contribution in [0.15, 0.2) is 12.1 Å². The summed E-state index contributed by atoms with van der Waals surface area (Å²) in [5.74, 6) is -0.373. The highest BCUT2D eigenvalue weighted by atomic mass is 35.5. The van der Waals surface area contributed by atoms with E-state index in [9.17, 15) is 9.59 Å². The molecule has 1 fully saturated rings. The van der Waals surface area contributed by atoms with Gasteiger partial charge < -0.3 is 9.80 Å². The van der Waals surface area contributed by atoms with Crippen molar-refractivity contribution in [3.05, 3.63) is 23.0 Å². The fourth-order valence-corrected chi connectivity index (χ4v) is 1.62. The molecule has 2 amide bonds. The van der Waals surface area contributed by atoms with Gasteiger partial charge in [-0.1, -0.05) is 11.6 Å². The van der Waals surface area contributed by atoms with Gasteiger partial charge in [-0.3, -0.25) is 9.59 Å². The van der Waals surface area contributed by atoms with Crippen LogP contribution in [0.25, 0.3) is 0 Å². The third-order valence-corrected chi connectivity index (χ3v) is 2.80. The molecule has 2 heterocycles. The Labute approximate surface area is 103 Å². The number of hydrogen-bond donors (Lipinski definition) is 0. The van der Waals surface area contributed by atoms with Crippen molar-refractivity contribution in [3.63, 3.8) is 0 Å². The smallest absolute Gasteiger partial charge is 0.274 e. The molecule has 1 aromatic heterocycles. The number of carbonyl (C=O) groups excluding carboxylic acids is 2. The van der Waals surface area contributed by atoms with Crippen LogP contribution in [0.1, 0.15) is 10.5 Å². The molecule has 0 bridgehead atoms. The first-order chi connectivity index (χ1) is 8.08. The predicted molar refractivity (Wildman–Crippen MR) is 60.6 cm³/mol. The van der Waals surface area contributed by atoms with E-state index in [1.165, 1.54) is 17.0 Å². The van der Waals surface area contributed by atoms with Crippen LogP contribution in [-0.2, 0) is 4.79 Å². The molecule has 1 saturated heterocycles. The van der Waals surface area contributed by atoms with Crippen molar-refractivity contribution in [2.24, 2.45) is 0 Å². The molecule has 7 heteroatoms. The zero-order valence-electron chi connectivity index (χ0n) is 9.26. The van der Waals surface area contributed by atoms with Crippen LogP contribution in [0.3, 0.4) is 0 Å². The van der Waals surface area contributed by atoms with Gasteiger partial charge in [0.15, 0.2) is 10.8 Å². The van der Waals surface area contributed by atoms with Gasteiger partial charge in [-0.15, -0.1) is 10.2 Å². The van der Waals surface area contributed by atoms with Gasteiger partial charge in [-0.25, -0.2) is 0 Å². The zero-order valence-corrected chi connectivity index (χ0v) is 10.0. The molecule has 0 unspecified atom stereocenters. The minimum absolute atomic E-state index is 0.0773. The van der Waals surface area contributed by atoms with Crippen molar-refractivity contribution in [3.8, 4) is 0 Å². The predicted octanol–water partition coefficient (Wildman–Crippen LogP) is 0.0442. The quantitative estimate of drug-likeness (QED) is 0.710. The summed E-state index contributed by atoms with van der Waals surface area (Å²) < 4.78 is 0. The first kappa shape index (κ1) is 11.8. The van der Waals surface area contributed by atoms with E-state index < -0.39 is 0 Å². The Kier molecular flexibility index (Phi) is 3.23. The van der Waals surface area contributed by atoms with Gasteiger partial charge in [0, 0.05) is 20.1 Å². The van der Waals surface area contributed by atoms with Crippen molar-refractivity contribution >= 4 is 23.4 Å². The number of piperazine rings is 1. The molecule has 0 spiro atoms. The van der Waals surface area contributed by atoms with Crippen molar-refractivity contribution in [1.29, 1.82) is 0 Å². The maximum absolute atomic E-state index is 12.0. The summed E-state index contributed by atoms with van der Waals surface area (Å²) in [4.78, 5) is 26.5. The molecule has 2 rings (SSSR count). The summed E-state index contributed by atoms with van der Waals surface area (Å²) in [6.07, 6.45) is 0. The standard InChI is InChI=1S/C10H11ClN4O2/c1-14-4-5-15(6-9(14)16)10(17)7-2-3-8(11)13-12-7/h2-3H,4-6H2,1H3.